The molecule has 1 aliphatic heterocycles. The SMILES string of the molecule is CC[C@@H](C)N(C(=O)CSc1nc2ccc(OC)cc2[nH]1)[C@@H]1CCS(=O)(=O)C1. The molecule has 148 valence electrons. The number of nitrogens with one attached hydrogen (secondary N) is 1. The number of nitrogens with zero attached hydrogens (tertiary/aromatic N) is 2. The van der Waals surface area contributed by atoms with Gasteiger partial charge in [0, 0.05) is 18.2 Å². The second kappa shape index (κ2) is 8.10. The van der Waals surface area contributed by atoms with Gasteiger partial charge in [0.05, 0.1) is 35.4 Å². The van der Waals surface area contributed by atoms with E-state index in [1.54, 1.807) is 12.0 Å². The Bertz CT molecular complexity index is 926. The van der Waals surface area contributed by atoms with E-state index in [1.807, 2.05) is 32.0 Å². The average molecular weight is 412 g/mol. The number of ether oxygens (including phenoxy) is 1. The molecule has 27 heavy (non-hydrogen) atoms. The number of thioether (sulfide) groups is 1. The van der Waals surface area contributed by atoms with Crippen LogP contribution in [0.15, 0.2) is 23.4 Å². The van der Waals surface area contributed by atoms with Crippen molar-refractivity contribution in [3.63, 3.8) is 0 Å². The number of carbonyl (C=O) groups excluding carboxylic acids is 1. The van der Waals surface area contributed by atoms with Gasteiger partial charge in [0.1, 0.15) is 5.75 Å². The molecule has 1 aliphatic rings. The van der Waals surface area contributed by atoms with Crippen LogP contribution in [0.1, 0.15) is 26.7 Å². The van der Waals surface area contributed by atoms with Crippen molar-refractivity contribution in [1.82, 2.24) is 14.9 Å². The highest BCUT2D eigenvalue weighted by Gasteiger charge is 2.36. The number of aromatic amines is 1. The number of rotatable bonds is 7. The molecule has 1 N–H and O–H groups in total. The van der Waals surface area contributed by atoms with E-state index in [9.17, 15) is 13.2 Å². The highest BCUT2D eigenvalue weighted by molar-refractivity contribution is 7.99. The Labute approximate surface area is 163 Å². The maximum absolute atomic E-state index is 12.9. The molecule has 1 aromatic carbocycles. The van der Waals surface area contributed by atoms with Crippen LogP contribution in [0.25, 0.3) is 11.0 Å². The minimum Gasteiger partial charge on any atom is -0.497 e. The Kier molecular flexibility index (Phi) is 6.00. The molecule has 1 aromatic heterocycles. The van der Waals surface area contributed by atoms with Crippen LogP contribution < -0.4 is 4.74 Å². The molecule has 2 heterocycles. The summed E-state index contributed by atoms with van der Waals surface area (Å²) in [5.41, 5.74) is 1.66. The molecule has 0 bridgehead atoms. The third kappa shape index (κ3) is 4.57. The van der Waals surface area contributed by atoms with Crippen LogP contribution in [0.4, 0.5) is 0 Å². The van der Waals surface area contributed by atoms with Gasteiger partial charge in [-0.25, -0.2) is 13.4 Å². The van der Waals surface area contributed by atoms with Gasteiger partial charge >= 0.3 is 0 Å². The predicted molar refractivity (Wildman–Crippen MR) is 107 cm³/mol. The van der Waals surface area contributed by atoms with E-state index in [-0.39, 0.29) is 35.2 Å². The number of sulfone groups is 1. The highest BCUT2D eigenvalue weighted by atomic mass is 32.2. The van der Waals surface area contributed by atoms with Crippen molar-refractivity contribution in [1.29, 1.82) is 0 Å². The van der Waals surface area contributed by atoms with Gasteiger partial charge in [-0.3, -0.25) is 4.79 Å². The van der Waals surface area contributed by atoms with Crippen LogP contribution in [0, 0.1) is 0 Å². The molecular formula is C18H25N3O4S2. The Morgan fingerprint density at radius 2 is 2.26 bits per heavy atom. The monoisotopic (exact) mass is 411 g/mol. The first-order valence-corrected chi connectivity index (χ1v) is 11.8. The summed E-state index contributed by atoms with van der Waals surface area (Å²) in [6.45, 7) is 3.98. The third-order valence-corrected chi connectivity index (χ3v) is 7.56. The average Bonchev–Trinajstić information content (AvgIpc) is 3.21. The molecule has 3 rings (SSSR count). The van der Waals surface area contributed by atoms with E-state index in [0.29, 0.717) is 11.6 Å². The molecule has 0 spiro atoms. The van der Waals surface area contributed by atoms with Crippen LogP contribution >= 0.6 is 11.8 Å². The van der Waals surface area contributed by atoms with Gasteiger partial charge in [-0.1, -0.05) is 18.7 Å². The van der Waals surface area contributed by atoms with Gasteiger partial charge in [-0.05, 0) is 31.9 Å². The molecule has 7 nitrogen and oxygen atoms in total. The largest absolute Gasteiger partial charge is 0.497 e. The van der Waals surface area contributed by atoms with Crippen molar-refractivity contribution in [3.8, 4) is 5.75 Å². The first-order chi connectivity index (χ1) is 12.8. The molecule has 2 atom stereocenters. The lowest BCUT2D eigenvalue weighted by atomic mass is 10.1. The fraction of sp³-hybridized carbons (Fsp3) is 0.556. The lowest BCUT2D eigenvalue weighted by molar-refractivity contribution is -0.132. The van der Waals surface area contributed by atoms with Gasteiger partial charge in [0.2, 0.25) is 5.91 Å². The van der Waals surface area contributed by atoms with E-state index in [0.717, 1.165) is 23.2 Å². The molecule has 1 amide bonds. The lowest BCUT2D eigenvalue weighted by Crippen LogP contribution is -2.47. The highest BCUT2D eigenvalue weighted by Crippen LogP contribution is 2.26. The van der Waals surface area contributed by atoms with Crippen LogP contribution in [0.5, 0.6) is 5.75 Å². The molecule has 0 radical (unpaired) electrons. The maximum atomic E-state index is 12.9. The summed E-state index contributed by atoms with van der Waals surface area (Å²) >= 11 is 1.33. The minimum absolute atomic E-state index is 0.0105. The van der Waals surface area contributed by atoms with Crippen molar-refractivity contribution >= 4 is 38.5 Å². The molecule has 0 aliphatic carbocycles. The third-order valence-electron chi connectivity index (χ3n) is 4.96. The zero-order valence-corrected chi connectivity index (χ0v) is 17.4. The maximum Gasteiger partial charge on any atom is 0.233 e. The van der Waals surface area contributed by atoms with Crippen molar-refractivity contribution < 1.29 is 17.9 Å². The van der Waals surface area contributed by atoms with Crippen molar-refractivity contribution in [2.75, 3.05) is 24.4 Å². The van der Waals surface area contributed by atoms with Crippen LogP contribution in [-0.2, 0) is 14.6 Å². The van der Waals surface area contributed by atoms with Crippen LogP contribution in [-0.4, -0.2) is 65.6 Å². The first-order valence-electron chi connectivity index (χ1n) is 9.01. The van der Waals surface area contributed by atoms with Crippen LogP contribution in [0.2, 0.25) is 0 Å². The van der Waals surface area contributed by atoms with Gasteiger partial charge in [0.15, 0.2) is 15.0 Å². The summed E-state index contributed by atoms with van der Waals surface area (Å²) in [7, 11) is -1.43. The molecule has 0 saturated carbocycles. The number of benzene rings is 1. The summed E-state index contributed by atoms with van der Waals surface area (Å²) in [5, 5.41) is 0.662. The second-order valence-corrected chi connectivity index (χ2v) is 10.0. The summed E-state index contributed by atoms with van der Waals surface area (Å²) in [6.07, 6.45) is 1.31. The molecule has 1 saturated heterocycles. The molecule has 1 fully saturated rings. The number of methoxy groups -OCH3 is 1. The van der Waals surface area contributed by atoms with E-state index in [2.05, 4.69) is 9.97 Å². The number of carbonyl (C=O) groups is 1. The molecular weight excluding hydrogens is 386 g/mol. The van der Waals surface area contributed by atoms with Crippen LogP contribution in [0.3, 0.4) is 0 Å². The Morgan fingerprint density at radius 1 is 1.48 bits per heavy atom. The Morgan fingerprint density at radius 3 is 2.89 bits per heavy atom. The van der Waals surface area contributed by atoms with Gasteiger partial charge in [-0.15, -0.1) is 0 Å². The fourth-order valence-electron chi connectivity index (χ4n) is 3.37. The Balaban J connectivity index is 1.70. The summed E-state index contributed by atoms with van der Waals surface area (Å²) in [6, 6.07) is 5.36. The van der Waals surface area contributed by atoms with Crippen molar-refractivity contribution in [3.05, 3.63) is 18.2 Å². The molecule has 9 heteroatoms. The summed E-state index contributed by atoms with van der Waals surface area (Å²) in [5.74, 6) is 1.14. The van der Waals surface area contributed by atoms with Crippen molar-refractivity contribution in [2.24, 2.45) is 0 Å². The summed E-state index contributed by atoms with van der Waals surface area (Å²) < 4.78 is 28.9. The predicted octanol–water partition coefficient (Wildman–Crippen LogP) is 2.48. The quantitative estimate of drug-likeness (QED) is 0.704. The molecule has 0 unspecified atom stereocenters. The minimum atomic E-state index is -3.04. The number of H-pyrrole nitrogens is 1. The summed E-state index contributed by atoms with van der Waals surface area (Å²) in [4.78, 5) is 22.3. The van der Waals surface area contributed by atoms with Gasteiger partial charge in [-0.2, -0.15) is 0 Å². The van der Waals surface area contributed by atoms with E-state index in [4.69, 9.17) is 4.74 Å². The zero-order chi connectivity index (χ0) is 19.6. The molecule has 2 aromatic rings. The topological polar surface area (TPSA) is 92.4 Å². The van der Waals surface area contributed by atoms with Gasteiger partial charge < -0.3 is 14.6 Å². The second-order valence-electron chi connectivity index (χ2n) is 6.83. The number of amides is 1. The van der Waals surface area contributed by atoms with E-state index >= 15 is 0 Å². The Hall–Kier alpha value is -1.74. The number of hydrogen-bond acceptors (Lipinski definition) is 6. The van der Waals surface area contributed by atoms with Crippen molar-refractivity contribution in [2.45, 2.75) is 43.9 Å². The number of imidazole rings is 1. The number of aromatic nitrogens is 2. The standard InChI is InChI=1S/C18H25N3O4S2/c1-4-12(2)21(13-7-8-27(23,24)11-13)17(22)10-26-18-19-15-6-5-14(25-3)9-16(15)20-18/h5-6,9,12-13H,4,7-8,10-11H2,1-3H3,(H,19,20)/t12-,13-/m1/s1. The van der Waals surface area contributed by atoms with E-state index in [1.165, 1.54) is 11.8 Å². The number of hydrogen-bond donors (Lipinski definition) is 1. The van der Waals surface area contributed by atoms with E-state index < -0.39 is 9.84 Å². The normalized spacial score (nSPS) is 19.9. The smallest absolute Gasteiger partial charge is 0.233 e. The lowest BCUT2D eigenvalue weighted by Gasteiger charge is -2.33. The first kappa shape index (κ1) is 20.0. The fourth-order valence-corrected chi connectivity index (χ4v) is 5.83. The van der Waals surface area contributed by atoms with Gasteiger partial charge in [0.25, 0.3) is 0 Å². The number of fused-ring (bicyclic) bond motifs is 1. The zero-order valence-electron chi connectivity index (χ0n) is 15.8.